The van der Waals surface area contributed by atoms with Crippen molar-refractivity contribution in [1.29, 1.82) is 0 Å². The number of carbonyl (C=O) groups is 2. The molecule has 0 aliphatic carbocycles. The summed E-state index contributed by atoms with van der Waals surface area (Å²) in [5.74, 6) is 1.27. The van der Waals surface area contributed by atoms with E-state index in [4.69, 9.17) is 30.5 Å². The van der Waals surface area contributed by atoms with E-state index in [0.717, 1.165) is 24.2 Å². The molecule has 7 nitrogen and oxygen atoms in total. The third-order valence-corrected chi connectivity index (χ3v) is 6.03. The van der Waals surface area contributed by atoms with Gasteiger partial charge in [0.25, 0.3) is 5.91 Å². The smallest absolute Gasteiger partial charge is 0.338 e. The maximum absolute atomic E-state index is 12.9. The molecule has 0 aromatic heterocycles. The standard InChI is InChI=1S/C24H22ClNO6/c25-18-4-6-20-16(11-18)10-17(13-31-20)24(28)32-14-23(27)26-7-1-2-19(26)15-3-5-21-22(12-15)30-9-8-29-21/h3-6,10-12,19H,1-2,7-9,13-14H2. The molecule has 0 spiro atoms. The molecule has 1 fully saturated rings. The number of hydrogen-bond acceptors (Lipinski definition) is 6. The lowest BCUT2D eigenvalue weighted by Gasteiger charge is -2.26. The van der Waals surface area contributed by atoms with Gasteiger partial charge in [0.1, 0.15) is 25.6 Å². The topological polar surface area (TPSA) is 74.3 Å². The molecule has 3 heterocycles. The van der Waals surface area contributed by atoms with Crippen molar-refractivity contribution in [3.63, 3.8) is 0 Å². The molecule has 3 aliphatic rings. The number of rotatable bonds is 4. The van der Waals surface area contributed by atoms with Crippen LogP contribution in [0.15, 0.2) is 42.0 Å². The molecule has 0 N–H and O–H groups in total. The molecule has 1 atom stereocenters. The molecular formula is C24H22ClNO6. The lowest BCUT2D eigenvalue weighted by Crippen LogP contribution is -2.34. The average molecular weight is 456 g/mol. The third kappa shape index (κ3) is 4.12. The maximum Gasteiger partial charge on any atom is 0.338 e. The van der Waals surface area contributed by atoms with E-state index in [0.29, 0.717) is 47.4 Å². The van der Waals surface area contributed by atoms with E-state index in [-0.39, 0.29) is 25.2 Å². The average Bonchev–Trinajstić information content (AvgIpc) is 3.31. The number of hydrogen-bond donors (Lipinski definition) is 0. The van der Waals surface area contributed by atoms with E-state index < -0.39 is 5.97 Å². The largest absolute Gasteiger partial charge is 0.488 e. The monoisotopic (exact) mass is 455 g/mol. The third-order valence-electron chi connectivity index (χ3n) is 5.80. The lowest BCUT2D eigenvalue weighted by molar-refractivity contribution is -0.149. The van der Waals surface area contributed by atoms with Gasteiger partial charge in [-0.2, -0.15) is 0 Å². The first kappa shape index (κ1) is 20.7. The summed E-state index contributed by atoms with van der Waals surface area (Å²) in [6.07, 6.45) is 3.41. The van der Waals surface area contributed by atoms with Crippen molar-refractivity contribution in [3.05, 3.63) is 58.1 Å². The van der Waals surface area contributed by atoms with Gasteiger partial charge in [-0.25, -0.2) is 4.79 Å². The highest BCUT2D eigenvalue weighted by Crippen LogP contribution is 2.38. The first-order valence-electron chi connectivity index (χ1n) is 10.6. The van der Waals surface area contributed by atoms with Crippen molar-refractivity contribution in [2.75, 3.05) is 33.0 Å². The second-order valence-corrected chi connectivity index (χ2v) is 8.30. The van der Waals surface area contributed by atoms with E-state index in [1.165, 1.54) is 0 Å². The lowest BCUT2D eigenvalue weighted by atomic mass is 10.0. The van der Waals surface area contributed by atoms with E-state index >= 15 is 0 Å². The van der Waals surface area contributed by atoms with Crippen LogP contribution in [0.4, 0.5) is 0 Å². The SMILES string of the molecule is O=C(OCC(=O)N1CCCC1c1ccc2c(c1)OCCO2)C1=Cc2cc(Cl)ccc2OC1. The van der Waals surface area contributed by atoms with Gasteiger partial charge in [-0.3, -0.25) is 4.79 Å². The molecule has 1 unspecified atom stereocenters. The van der Waals surface area contributed by atoms with Gasteiger partial charge >= 0.3 is 5.97 Å². The summed E-state index contributed by atoms with van der Waals surface area (Å²) in [6.45, 7) is 1.43. The second-order valence-electron chi connectivity index (χ2n) is 7.86. The van der Waals surface area contributed by atoms with Gasteiger partial charge < -0.3 is 23.8 Å². The predicted octanol–water partition coefficient (Wildman–Crippen LogP) is 3.79. The highest BCUT2D eigenvalue weighted by atomic mass is 35.5. The number of amides is 1. The van der Waals surface area contributed by atoms with E-state index in [9.17, 15) is 9.59 Å². The molecule has 166 valence electrons. The molecule has 1 amide bonds. The summed E-state index contributed by atoms with van der Waals surface area (Å²) in [4.78, 5) is 27.2. The molecular weight excluding hydrogens is 434 g/mol. The fraction of sp³-hybridized carbons (Fsp3) is 0.333. The number of nitrogens with zero attached hydrogens (tertiary/aromatic N) is 1. The molecule has 8 heteroatoms. The van der Waals surface area contributed by atoms with Crippen LogP contribution in [0.5, 0.6) is 17.2 Å². The summed E-state index contributed by atoms with van der Waals surface area (Å²) in [6, 6.07) is 10.9. The van der Waals surface area contributed by atoms with Gasteiger partial charge in [0.15, 0.2) is 18.1 Å². The Hall–Kier alpha value is -3.19. The van der Waals surface area contributed by atoms with E-state index in [2.05, 4.69) is 0 Å². The minimum atomic E-state index is -0.570. The summed E-state index contributed by atoms with van der Waals surface area (Å²) < 4.78 is 22.2. The summed E-state index contributed by atoms with van der Waals surface area (Å²) in [5, 5.41) is 0.549. The highest BCUT2D eigenvalue weighted by Gasteiger charge is 2.31. The van der Waals surface area contributed by atoms with Crippen molar-refractivity contribution in [2.45, 2.75) is 18.9 Å². The van der Waals surface area contributed by atoms with Crippen molar-refractivity contribution in [1.82, 2.24) is 4.90 Å². The van der Waals surface area contributed by atoms with Gasteiger partial charge in [-0.1, -0.05) is 17.7 Å². The number of likely N-dealkylation sites (tertiary alicyclic amines) is 1. The van der Waals surface area contributed by atoms with Crippen LogP contribution in [0, 0.1) is 0 Å². The van der Waals surface area contributed by atoms with Gasteiger partial charge in [0.2, 0.25) is 0 Å². The minimum absolute atomic E-state index is 0.0803. The van der Waals surface area contributed by atoms with Crippen LogP contribution in [0.25, 0.3) is 6.08 Å². The molecule has 1 saturated heterocycles. The summed E-state index contributed by atoms with van der Waals surface area (Å²) >= 11 is 6.02. The minimum Gasteiger partial charge on any atom is -0.488 e. The van der Waals surface area contributed by atoms with Gasteiger partial charge in [0.05, 0.1) is 11.6 Å². The summed E-state index contributed by atoms with van der Waals surface area (Å²) in [7, 11) is 0. The molecule has 32 heavy (non-hydrogen) atoms. The summed E-state index contributed by atoms with van der Waals surface area (Å²) in [5.41, 5.74) is 2.04. The quantitative estimate of drug-likeness (QED) is 0.653. The fourth-order valence-electron chi connectivity index (χ4n) is 4.25. The number of halogens is 1. The number of fused-ring (bicyclic) bond motifs is 2. The van der Waals surface area contributed by atoms with Gasteiger partial charge in [0, 0.05) is 17.1 Å². The van der Waals surface area contributed by atoms with E-state index in [1.807, 2.05) is 18.2 Å². The van der Waals surface area contributed by atoms with Crippen molar-refractivity contribution >= 4 is 29.6 Å². The van der Waals surface area contributed by atoms with Crippen LogP contribution in [0.1, 0.15) is 30.0 Å². The molecule has 5 rings (SSSR count). The fourth-order valence-corrected chi connectivity index (χ4v) is 4.43. The van der Waals surface area contributed by atoms with Gasteiger partial charge in [-0.15, -0.1) is 0 Å². The predicted molar refractivity (Wildman–Crippen MR) is 117 cm³/mol. The molecule has 0 bridgehead atoms. The Morgan fingerprint density at radius 1 is 1.03 bits per heavy atom. The van der Waals surface area contributed by atoms with Crippen LogP contribution < -0.4 is 14.2 Å². The van der Waals surface area contributed by atoms with Crippen molar-refractivity contribution < 1.29 is 28.5 Å². The van der Waals surface area contributed by atoms with Crippen LogP contribution in [-0.4, -0.2) is 49.7 Å². The Morgan fingerprint density at radius 3 is 2.72 bits per heavy atom. The number of ether oxygens (including phenoxy) is 4. The normalized spacial score (nSPS) is 19.0. The zero-order valence-corrected chi connectivity index (χ0v) is 18.1. The van der Waals surface area contributed by atoms with Crippen LogP contribution in [0.2, 0.25) is 5.02 Å². The number of benzene rings is 2. The molecule has 0 saturated carbocycles. The Morgan fingerprint density at radius 2 is 1.84 bits per heavy atom. The highest BCUT2D eigenvalue weighted by molar-refractivity contribution is 6.30. The number of esters is 1. The maximum atomic E-state index is 12.9. The van der Waals surface area contributed by atoms with Crippen molar-refractivity contribution in [3.8, 4) is 17.2 Å². The Kier molecular flexibility index (Phi) is 5.66. The molecule has 3 aliphatic heterocycles. The van der Waals surface area contributed by atoms with Crippen molar-refractivity contribution in [2.24, 2.45) is 0 Å². The Labute approximate surface area is 190 Å². The molecule has 2 aromatic rings. The molecule has 2 aromatic carbocycles. The van der Waals surface area contributed by atoms with Gasteiger partial charge in [-0.05, 0) is 54.8 Å². The van der Waals surface area contributed by atoms with Crippen LogP contribution in [0.3, 0.4) is 0 Å². The van der Waals surface area contributed by atoms with E-state index in [1.54, 1.807) is 29.2 Å². The van der Waals surface area contributed by atoms with Crippen LogP contribution in [-0.2, 0) is 14.3 Å². The second kappa shape index (κ2) is 8.74. The Balaban J connectivity index is 1.23. The first-order chi connectivity index (χ1) is 15.6. The molecule has 0 radical (unpaired) electrons. The zero-order chi connectivity index (χ0) is 22.1. The van der Waals surface area contributed by atoms with Crippen LogP contribution >= 0.6 is 11.6 Å². The number of carbonyl (C=O) groups excluding carboxylic acids is 2. The Bertz CT molecular complexity index is 1100. The zero-order valence-electron chi connectivity index (χ0n) is 17.3. The first-order valence-corrected chi connectivity index (χ1v) is 11.0.